The molecule has 1 atom stereocenters. The fourth-order valence-corrected chi connectivity index (χ4v) is 4.76. The molecule has 3 aliphatic heterocycles. The van der Waals surface area contributed by atoms with Crippen molar-refractivity contribution in [2.75, 3.05) is 32.0 Å². The second-order valence-electron chi connectivity index (χ2n) is 6.54. The number of halogens is 1. The van der Waals surface area contributed by atoms with Crippen LogP contribution in [0.15, 0.2) is 24.3 Å². The Labute approximate surface area is 138 Å². The number of urea groups is 1. The van der Waals surface area contributed by atoms with Gasteiger partial charge in [-0.05, 0) is 55.4 Å². The number of carbonyl (C=O) groups excluding carboxylic acids is 1. The highest BCUT2D eigenvalue weighted by atomic mass is 32.1. The molecule has 3 aliphatic rings. The van der Waals surface area contributed by atoms with E-state index in [1.165, 1.54) is 49.4 Å². The summed E-state index contributed by atoms with van der Waals surface area (Å²) >= 11 is 1.41. The molecule has 122 valence electrons. The average Bonchev–Trinajstić information content (AvgIpc) is 2.96. The van der Waals surface area contributed by atoms with Crippen LogP contribution >= 0.6 is 11.3 Å². The molecule has 3 saturated heterocycles. The maximum absolute atomic E-state index is 13.3. The minimum atomic E-state index is -0.248. The zero-order valence-corrected chi connectivity index (χ0v) is 13.9. The standard InChI is InChI=1S/C17H20FN3OS/c1-20(14-10-21-6-4-11(14)5-7-21)17(22)19-16-8-12-2-3-13(18)9-15(12)23-16/h2-3,8-9,11,14H,4-7,10H2,1H3,(H,19,22)/t14-/m0/s1. The van der Waals surface area contributed by atoms with Crippen LogP contribution in [0, 0.1) is 11.7 Å². The SMILES string of the molecule is CN(C(=O)Nc1cc2ccc(F)cc2s1)[C@H]1CN2CCC1CC2. The summed E-state index contributed by atoms with van der Waals surface area (Å²) in [6.07, 6.45) is 2.37. The van der Waals surface area contributed by atoms with E-state index in [-0.39, 0.29) is 11.8 Å². The molecule has 5 rings (SSSR count). The van der Waals surface area contributed by atoms with Gasteiger partial charge in [-0.2, -0.15) is 0 Å². The van der Waals surface area contributed by atoms with Gasteiger partial charge in [0.1, 0.15) is 5.82 Å². The summed E-state index contributed by atoms with van der Waals surface area (Å²) in [6.45, 7) is 3.31. The number of fused-ring (bicyclic) bond motifs is 4. The normalized spacial score (nSPS) is 26.4. The number of likely N-dealkylation sites (N-methyl/N-ethyl adjacent to an activating group) is 1. The summed E-state index contributed by atoms with van der Waals surface area (Å²) in [4.78, 5) is 16.8. The van der Waals surface area contributed by atoms with Gasteiger partial charge >= 0.3 is 6.03 Å². The number of amides is 2. The second-order valence-corrected chi connectivity index (χ2v) is 7.62. The lowest BCUT2D eigenvalue weighted by Gasteiger charge is -2.47. The van der Waals surface area contributed by atoms with E-state index in [1.54, 1.807) is 6.07 Å². The van der Waals surface area contributed by atoms with Gasteiger partial charge in [0, 0.05) is 24.3 Å². The molecule has 1 N–H and O–H groups in total. The number of rotatable bonds is 2. The number of nitrogens with zero attached hydrogens (tertiary/aromatic N) is 2. The quantitative estimate of drug-likeness (QED) is 0.911. The average molecular weight is 333 g/mol. The Balaban J connectivity index is 1.47. The molecule has 1 aromatic heterocycles. The van der Waals surface area contributed by atoms with Gasteiger partial charge in [-0.15, -0.1) is 11.3 Å². The van der Waals surface area contributed by atoms with Crippen molar-refractivity contribution in [2.24, 2.45) is 5.92 Å². The maximum atomic E-state index is 13.3. The van der Waals surface area contributed by atoms with Crippen molar-refractivity contribution in [1.82, 2.24) is 9.80 Å². The molecule has 0 radical (unpaired) electrons. The lowest BCUT2D eigenvalue weighted by Crippen LogP contribution is -2.58. The highest BCUT2D eigenvalue weighted by Gasteiger charge is 2.37. The van der Waals surface area contributed by atoms with Gasteiger partial charge in [0.25, 0.3) is 0 Å². The van der Waals surface area contributed by atoms with E-state index in [1.807, 2.05) is 18.0 Å². The highest BCUT2D eigenvalue weighted by Crippen LogP contribution is 2.32. The molecule has 0 saturated carbocycles. The van der Waals surface area contributed by atoms with Crippen molar-refractivity contribution in [3.8, 4) is 0 Å². The number of carbonyl (C=O) groups is 1. The first-order valence-corrected chi connectivity index (χ1v) is 8.87. The van der Waals surface area contributed by atoms with Gasteiger partial charge in [-0.1, -0.05) is 6.07 Å². The van der Waals surface area contributed by atoms with Gasteiger partial charge in [0.15, 0.2) is 0 Å². The topological polar surface area (TPSA) is 35.6 Å². The second kappa shape index (κ2) is 5.76. The lowest BCUT2D eigenvalue weighted by atomic mass is 9.83. The number of thiophene rings is 1. The van der Waals surface area contributed by atoms with Crippen LogP contribution < -0.4 is 5.32 Å². The largest absolute Gasteiger partial charge is 0.323 e. The third-order valence-electron chi connectivity index (χ3n) is 5.15. The minimum absolute atomic E-state index is 0.0734. The predicted octanol–water partition coefficient (Wildman–Crippen LogP) is 3.60. The van der Waals surface area contributed by atoms with Crippen molar-refractivity contribution in [3.63, 3.8) is 0 Å². The van der Waals surface area contributed by atoms with Crippen molar-refractivity contribution >= 4 is 32.5 Å². The van der Waals surface area contributed by atoms with Gasteiger partial charge in [-0.25, -0.2) is 9.18 Å². The molecule has 2 amide bonds. The van der Waals surface area contributed by atoms with E-state index >= 15 is 0 Å². The summed E-state index contributed by atoms with van der Waals surface area (Å²) < 4.78 is 14.1. The monoisotopic (exact) mass is 333 g/mol. The van der Waals surface area contributed by atoms with Gasteiger partial charge in [-0.3, -0.25) is 5.32 Å². The van der Waals surface area contributed by atoms with E-state index < -0.39 is 0 Å². The molecular formula is C17H20FN3OS. The summed E-state index contributed by atoms with van der Waals surface area (Å²) in [5, 5.41) is 4.69. The number of benzene rings is 1. The third kappa shape index (κ3) is 2.81. The molecule has 2 aromatic rings. The molecular weight excluding hydrogens is 313 g/mol. The van der Waals surface area contributed by atoms with E-state index in [9.17, 15) is 9.18 Å². The summed E-state index contributed by atoms with van der Waals surface area (Å²) in [5.74, 6) is 0.369. The van der Waals surface area contributed by atoms with Crippen molar-refractivity contribution in [3.05, 3.63) is 30.1 Å². The molecule has 0 spiro atoms. The van der Waals surface area contributed by atoms with Gasteiger partial charge in [0.2, 0.25) is 0 Å². The molecule has 0 unspecified atom stereocenters. The lowest BCUT2D eigenvalue weighted by molar-refractivity contribution is 0.0336. The fraction of sp³-hybridized carbons (Fsp3) is 0.471. The summed E-state index contributed by atoms with van der Waals surface area (Å²) in [6, 6.07) is 6.82. The Kier molecular flexibility index (Phi) is 3.73. The molecule has 6 heteroatoms. The van der Waals surface area contributed by atoms with Crippen molar-refractivity contribution in [1.29, 1.82) is 0 Å². The fourth-order valence-electron chi connectivity index (χ4n) is 3.78. The molecule has 23 heavy (non-hydrogen) atoms. The smallest absolute Gasteiger partial charge is 0.322 e. The first-order valence-electron chi connectivity index (χ1n) is 8.05. The Hall–Kier alpha value is -1.66. The number of hydrogen-bond donors (Lipinski definition) is 1. The van der Waals surface area contributed by atoms with Gasteiger partial charge in [0.05, 0.1) is 5.00 Å². The molecule has 3 fully saturated rings. The Bertz CT molecular complexity index is 739. The van der Waals surface area contributed by atoms with Gasteiger partial charge < -0.3 is 9.80 Å². The molecule has 4 heterocycles. The number of anilines is 1. The van der Waals surface area contributed by atoms with Crippen LogP contribution in [0.3, 0.4) is 0 Å². The van der Waals surface area contributed by atoms with E-state index in [4.69, 9.17) is 0 Å². The minimum Gasteiger partial charge on any atom is -0.323 e. The zero-order valence-electron chi connectivity index (χ0n) is 13.1. The molecule has 2 bridgehead atoms. The number of hydrogen-bond acceptors (Lipinski definition) is 3. The Morgan fingerprint density at radius 2 is 2.13 bits per heavy atom. The maximum Gasteiger partial charge on any atom is 0.322 e. The van der Waals surface area contributed by atoms with Crippen molar-refractivity contribution in [2.45, 2.75) is 18.9 Å². The van der Waals surface area contributed by atoms with Crippen LogP contribution in [0.2, 0.25) is 0 Å². The van der Waals surface area contributed by atoms with Crippen LogP contribution in [0.25, 0.3) is 10.1 Å². The highest BCUT2D eigenvalue weighted by molar-refractivity contribution is 7.22. The van der Waals surface area contributed by atoms with E-state index in [2.05, 4.69) is 10.2 Å². The first kappa shape index (κ1) is 14.9. The molecule has 0 aliphatic carbocycles. The van der Waals surface area contributed by atoms with Crippen LogP contribution in [0.4, 0.5) is 14.2 Å². The number of piperidine rings is 3. The predicted molar refractivity (Wildman–Crippen MR) is 91.5 cm³/mol. The summed E-state index contributed by atoms with van der Waals surface area (Å²) in [7, 11) is 1.88. The summed E-state index contributed by atoms with van der Waals surface area (Å²) in [5.41, 5.74) is 0. The van der Waals surface area contributed by atoms with E-state index in [0.29, 0.717) is 12.0 Å². The van der Waals surface area contributed by atoms with Crippen LogP contribution in [-0.4, -0.2) is 48.6 Å². The Morgan fingerprint density at radius 1 is 1.35 bits per heavy atom. The van der Waals surface area contributed by atoms with Crippen molar-refractivity contribution < 1.29 is 9.18 Å². The zero-order chi connectivity index (χ0) is 16.0. The van der Waals surface area contributed by atoms with Crippen LogP contribution in [-0.2, 0) is 0 Å². The first-order chi connectivity index (χ1) is 11.1. The van der Waals surface area contributed by atoms with Crippen LogP contribution in [0.5, 0.6) is 0 Å². The third-order valence-corrected chi connectivity index (χ3v) is 6.17. The molecule has 1 aromatic carbocycles. The number of nitrogens with one attached hydrogen (secondary N) is 1. The molecule has 4 nitrogen and oxygen atoms in total. The van der Waals surface area contributed by atoms with Crippen LogP contribution in [0.1, 0.15) is 12.8 Å². The van der Waals surface area contributed by atoms with E-state index in [0.717, 1.165) is 21.6 Å². The Morgan fingerprint density at radius 3 is 2.83 bits per heavy atom.